The van der Waals surface area contributed by atoms with E-state index < -0.39 is 0 Å². The molecule has 2 amide bonds. The molecule has 0 aliphatic carbocycles. The third-order valence-corrected chi connectivity index (χ3v) is 3.16. The van der Waals surface area contributed by atoms with Crippen LogP contribution >= 0.6 is 0 Å². The van der Waals surface area contributed by atoms with Crippen LogP contribution in [0.5, 0.6) is 0 Å². The van der Waals surface area contributed by atoms with Crippen molar-refractivity contribution in [3.63, 3.8) is 0 Å². The number of carbonyl (C=O) groups is 1. The SMILES string of the molecule is C=C(C)CNC(=O)Nc1c(C)nn(-c2ccccc2F)c1C. The number of carbonyl (C=O) groups excluding carboxylic acids is 1. The van der Waals surface area contributed by atoms with Gasteiger partial charge in [-0.2, -0.15) is 5.10 Å². The molecular weight excluding hydrogens is 283 g/mol. The summed E-state index contributed by atoms with van der Waals surface area (Å²) in [5.41, 5.74) is 3.05. The molecule has 0 radical (unpaired) electrons. The van der Waals surface area contributed by atoms with Crippen LogP contribution in [0.2, 0.25) is 0 Å². The van der Waals surface area contributed by atoms with Crippen molar-refractivity contribution in [3.8, 4) is 5.69 Å². The number of para-hydroxylation sites is 1. The van der Waals surface area contributed by atoms with Crippen LogP contribution in [0.25, 0.3) is 5.69 Å². The molecule has 0 atom stereocenters. The number of anilines is 1. The van der Waals surface area contributed by atoms with Crippen LogP contribution in [-0.2, 0) is 0 Å². The molecule has 0 fully saturated rings. The van der Waals surface area contributed by atoms with Gasteiger partial charge in [-0.05, 0) is 32.9 Å². The molecule has 0 saturated carbocycles. The molecule has 2 aromatic rings. The minimum absolute atomic E-state index is 0.345. The Balaban J connectivity index is 2.26. The number of urea groups is 1. The van der Waals surface area contributed by atoms with E-state index in [4.69, 9.17) is 0 Å². The Labute approximate surface area is 128 Å². The number of halogens is 1. The molecule has 22 heavy (non-hydrogen) atoms. The molecule has 0 bridgehead atoms. The van der Waals surface area contributed by atoms with E-state index in [1.165, 1.54) is 10.7 Å². The van der Waals surface area contributed by atoms with Gasteiger partial charge in [0.1, 0.15) is 11.5 Å². The van der Waals surface area contributed by atoms with Crippen LogP contribution in [0, 0.1) is 19.7 Å². The Morgan fingerprint density at radius 1 is 1.36 bits per heavy atom. The lowest BCUT2D eigenvalue weighted by Crippen LogP contribution is -2.30. The first kappa shape index (κ1) is 15.8. The van der Waals surface area contributed by atoms with Crippen molar-refractivity contribution < 1.29 is 9.18 Å². The van der Waals surface area contributed by atoms with E-state index >= 15 is 0 Å². The zero-order valence-corrected chi connectivity index (χ0v) is 12.9. The van der Waals surface area contributed by atoms with Gasteiger partial charge in [0.05, 0.1) is 17.1 Å². The van der Waals surface area contributed by atoms with Gasteiger partial charge >= 0.3 is 6.03 Å². The molecule has 2 rings (SSSR count). The summed E-state index contributed by atoms with van der Waals surface area (Å²) in [4.78, 5) is 11.9. The van der Waals surface area contributed by atoms with Gasteiger partial charge in [-0.25, -0.2) is 13.9 Å². The largest absolute Gasteiger partial charge is 0.334 e. The maximum atomic E-state index is 13.9. The van der Waals surface area contributed by atoms with Crippen molar-refractivity contribution in [2.24, 2.45) is 0 Å². The summed E-state index contributed by atoms with van der Waals surface area (Å²) in [6, 6.07) is 6.02. The number of nitrogens with zero attached hydrogens (tertiary/aromatic N) is 2. The highest BCUT2D eigenvalue weighted by atomic mass is 19.1. The number of amides is 2. The normalized spacial score (nSPS) is 10.4. The van der Waals surface area contributed by atoms with E-state index in [9.17, 15) is 9.18 Å². The van der Waals surface area contributed by atoms with Gasteiger partial charge < -0.3 is 10.6 Å². The number of hydrogen-bond acceptors (Lipinski definition) is 2. The number of aromatic nitrogens is 2. The molecule has 116 valence electrons. The fraction of sp³-hybridized carbons (Fsp3) is 0.250. The van der Waals surface area contributed by atoms with E-state index in [1.54, 1.807) is 32.0 Å². The fourth-order valence-electron chi connectivity index (χ4n) is 2.07. The first-order valence-corrected chi connectivity index (χ1v) is 6.90. The average Bonchev–Trinajstić information content (AvgIpc) is 2.74. The first-order valence-electron chi connectivity index (χ1n) is 6.90. The van der Waals surface area contributed by atoms with Crippen LogP contribution in [0.15, 0.2) is 36.4 Å². The molecule has 1 heterocycles. The van der Waals surface area contributed by atoms with Crippen molar-refractivity contribution in [3.05, 3.63) is 53.6 Å². The third kappa shape index (κ3) is 3.33. The Bertz CT molecular complexity index is 721. The van der Waals surface area contributed by atoms with E-state index in [-0.39, 0.29) is 11.8 Å². The zero-order chi connectivity index (χ0) is 16.3. The van der Waals surface area contributed by atoms with Crippen molar-refractivity contribution in [1.82, 2.24) is 15.1 Å². The highest BCUT2D eigenvalue weighted by Crippen LogP contribution is 2.23. The van der Waals surface area contributed by atoms with Gasteiger partial charge in [-0.1, -0.05) is 24.3 Å². The predicted molar refractivity (Wildman–Crippen MR) is 84.8 cm³/mol. The van der Waals surface area contributed by atoms with Crippen molar-refractivity contribution >= 4 is 11.7 Å². The minimum atomic E-state index is -0.369. The number of nitrogens with one attached hydrogen (secondary N) is 2. The number of benzene rings is 1. The molecule has 0 aliphatic rings. The topological polar surface area (TPSA) is 59.0 Å². The summed E-state index contributed by atoms with van der Waals surface area (Å²) in [6.45, 7) is 9.48. The fourth-order valence-corrected chi connectivity index (χ4v) is 2.07. The molecule has 0 unspecified atom stereocenters. The highest BCUT2D eigenvalue weighted by Gasteiger charge is 2.16. The van der Waals surface area contributed by atoms with Crippen LogP contribution in [0.4, 0.5) is 14.9 Å². The smallest absolute Gasteiger partial charge is 0.319 e. The Hall–Kier alpha value is -2.63. The number of hydrogen-bond donors (Lipinski definition) is 2. The minimum Gasteiger partial charge on any atom is -0.334 e. The average molecular weight is 302 g/mol. The maximum absolute atomic E-state index is 13.9. The summed E-state index contributed by atoms with van der Waals surface area (Å²) < 4.78 is 15.4. The van der Waals surface area contributed by atoms with Crippen LogP contribution in [-0.4, -0.2) is 22.4 Å². The van der Waals surface area contributed by atoms with Gasteiger partial charge in [-0.3, -0.25) is 0 Å². The zero-order valence-electron chi connectivity index (χ0n) is 12.9. The van der Waals surface area contributed by atoms with Gasteiger partial charge in [0, 0.05) is 6.54 Å². The van der Waals surface area contributed by atoms with Gasteiger partial charge in [0.25, 0.3) is 0 Å². The molecular formula is C16H19FN4O. The van der Waals surface area contributed by atoms with Gasteiger partial charge in [0.2, 0.25) is 0 Å². The number of rotatable bonds is 4. The number of aryl methyl sites for hydroxylation is 1. The lowest BCUT2D eigenvalue weighted by Gasteiger charge is -2.09. The van der Waals surface area contributed by atoms with E-state index in [0.29, 0.717) is 29.3 Å². The second kappa shape index (κ2) is 6.43. The van der Waals surface area contributed by atoms with Gasteiger partial charge in [0.15, 0.2) is 0 Å². The van der Waals surface area contributed by atoms with Crippen molar-refractivity contribution in [2.45, 2.75) is 20.8 Å². The van der Waals surface area contributed by atoms with E-state index in [0.717, 1.165) is 5.57 Å². The molecule has 0 spiro atoms. The van der Waals surface area contributed by atoms with Crippen LogP contribution in [0.3, 0.4) is 0 Å². The molecule has 2 N–H and O–H groups in total. The monoisotopic (exact) mass is 302 g/mol. The first-order chi connectivity index (χ1) is 10.4. The highest BCUT2D eigenvalue weighted by molar-refractivity contribution is 5.90. The second-order valence-electron chi connectivity index (χ2n) is 5.17. The molecule has 1 aromatic carbocycles. The van der Waals surface area contributed by atoms with Crippen LogP contribution < -0.4 is 10.6 Å². The molecule has 1 aromatic heterocycles. The van der Waals surface area contributed by atoms with Crippen LogP contribution in [0.1, 0.15) is 18.3 Å². The van der Waals surface area contributed by atoms with Crippen molar-refractivity contribution in [2.75, 3.05) is 11.9 Å². The van der Waals surface area contributed by atoms with E-state index in [1.807, 2.05) is 6.92 Å². The second-order valence-corrected chi connectivity index (χ2v) is 5.17. The summed E-state index contributed by atoms with van der Waals surface area (Å²) in [5.74, 6) is -0.369. The molecule has 0 aliphatic heterocycles. The van der Waals surface area contributed by atoms with Crippen molar-refractivity contribution in [1.29, 1.82) is 0 Å². The summed E-state index contributed by atoms with van der Waals surface area (Å²) in [5, 5.41) is 9.74. The molecule has 6 heteroatoms. The predicted octanol–water partition coefficient (Wildman–Crippen LogP) is 3.33. The van der Waals surface area contributed by atoms with E-state index in [2.05, 4.69) is 22.3 Å². The summed E-state index contributed by atoms with van der Waals surface area (Å²) in [6.07, 6.45) is 0. The summed E-state index contributed by atoms with van der Waals surface area (Å²) >= 11 is 0. The summed E-state index contributed by atoms with van der Waals surface area (Å²) in [7, 11) is 0. The Kier molecular flexibility index (Phi) is 4.60. The Morgan fingerprint density at radius 2 is 2.05 bits per heavy atom. The lowest BCUT2D eigenvalue weighted by molar-refractivity contribution is 0.253. The lowest BCUT2D eigenvalue weighted by atomic mass is 10.3. The third-order valence-electron chi connectivity index (χ3n) is 3.16. The van der Waals surface area contributed by atoms with Gasteiger partial charge in [-0.15, -0.1) is 0 Å². The Morgan fingerprint density at radius 3 is 2.68 bits per heavy atom. The quantitative estimate of drug-likeness (QED) is 0.851. The maximum Gasteiger partial charge on any atom is 0.319 e. The standard InChI is InChI=1S/C16H19FN4O/c1-10(2)9-18-16(22)19-15-11(3)20-21(12(15)4)14-8-6-5-7-13(14)17/h5-8H,1,9H2,2-4H3,(H2,18,19,22). The molecule has 5 nitrogen and oxygen atoms in total. The molecule has 0 saturated heterocycles.